The Balaban J connectivity index is 1.92. The van der Waals surface area contributed by atoms with Crippen molar-refractivity contribution in [1.29, 1.82) is 0 Å². The second-order valence-electron chi connectivity index (χ2n) is 4.12. The zero-order chi connectivity index (χ0) is 11.3. The molecule has 4 nitrogen and oxygen atoms in total. The zero-order valence-corrected chi connectivity index (χ0v) is 11.8. The van der Waals surface area contributed by atoms with Gasteiger partial charge >= 0.3 is 8.80 Å². The summed E-state index contributed by atoms with van der Waals surface area (Å²) in [6, 6.07) is 0. The smallest absolute Gasteiger partial charge is 0.372 e. The van der Waals surface area contributed by atoms with Gasteiger partial charge in [-0.3, -0.25) is 4.90 Å². The molecule has 0 amide bonds. The monoisotopic (exact) mass is 263 g/mol. The predicted octanol–water partition coefficient (Wildman–Crippen LogP) is 0.987. The van der Waals surface area contributed by atoms with Gasteiger partial charge in [-0.15, -0.1) is 0 Å². The van der Waals surface area contributed by atoms with Crippen LogP contribution in [0.5, 0.6) is 0 Å². The van der Waals surface area contributed by atoms with Crippen LogP contribution in [0.3, 0.4) is 0 Å². The molecule has 3 aliphatic heterocycles. The first-order valence-electron chi connectivity index (χ1n) is 6.07. The molecule has 16 heavy (non-hydrogen) atoms. The molecule has 2 bridgehead atoms. The molecule has 6 heteroatoms. The lowest BCUT2D eigenvalue weighted by Gasteiger charge is -2.37. The van der Waals surface area contributed by atoms with Gasteiger partial charge in [0, 0.05) is 19.6 Å². The highest BCUT2D eigenvalue weighted by molar-refractivity contribution is 8.00. The summed E-state index contributed by atoms with van der Waals surface area (Å²) in [5.41, 5.74) is 0. The number of hydrogen-bond acceptors (Lipinski definition) is 5. The molecule has 3 rings (SSSR count). The molecule has 0 unspecified atom stereocenters. The minimum atomic E-state index is -2.33. The third-order valence-corrected chi connectivity index (χ3v) is 7.68. The van der Waals surface area contributed by atoms with Crippen LogP contribution < -0.4 is 0 Å². The van der Waals surface area contributed by atoms with Gasteiger partial charge in [0.05, 0.1) is 25.2 Å². The van der Waals surface area contributed by atoms with E-state index in [9.17, 15) is 0 Å². The van der Waals surface area contributed by atoms with Gasteiger partial charge in [0.1, 0.15) is 0 Å². The van der Waals surface area contributed by atoms with E-state index in [0.717, 1.165) is 50.6 Å². The lowest BCUT2D eigenvalue weighted by atomic mass is 10.4. The van der Waals surface area contributed by atoms with Crippen LogP contribution in [-0.2, 0) is 13.3 Å². The molecule has 0 N–H and O–H groups in total. The SMILES string of the molecule is CCCSC[Si]12OCCN(CCO1)CCO2. The van der Waals surface area contributed by atoms with E-state index in [1.54, 1.807) is 0 Å². The highest BCUT2D eigenvalue weighted by Crippen LogP contribution is 2.20. The van der Waals surface area contributed by atoms with Crippen LogP contribution in [0.15, 0.2) is 0 Å². The van der Waals surface area contributed by atoms with Crippen molar-refractivity contribution in [3.05, 3.63) is 0 Å². The van der Waals surface area contributed by atoms with E-state index in [1.165, 1.54) is 6.42 Å². The van der Waals surface area contributed by atoms with Crippen molar-refractivity contribution in [2.45, 2.75) is 13.3 Å². The maximum atomic E-state index is 5.92. The van der Waals surface area contributed by atoms with E-state index in [4.69, 9.17) is 13.3 Å². The Labute approximate surface area is 103 Å². The van der Waals surface area contributed by atoms with Crippen LogP contribution in [0.2, 0.25) is 0 Å². The highest BCUT2D eigenvalue weighted by atomic mass is 32.2. The molecule has 0 aromatic heterocycles. The van der Waals surface area contributed by atoms with Crippen LogP contribution in [-0.4, -0.2) is 64.3 Å². The summed E-state index contributed by atoms with van der Waals surface area (Å²) in [6.45, 7) is 7.57. The van der Waals surface area contributed by atoms with Crippen molar-refractivity contribution in [3.63, 3.8) is 0 Å². The van der Waals surface area contributed by atoms with Crippen molar-refractivity contribution in [1.82, 2.24) is 4.90 Å². The number of rotatable bonds is 4. The number of fused-ring (bicyclic) bond motifs is 6. The molecule has 3 saturated heterocycles. The second kappa shape index (κ2) is 6.37. The summed E-state index contributed by atoms with van der Waals surface area (Å²) in [6.07, 6.45) is 1.20. The fourth-order valence-corrected chi connectivity index (χ4v) is 6.24. The lowest BCUT2D eigenvalue weighted by Crippen LogP contribution is -2.57. The Bertz CT molecular complexity index is 194. The van der Waals surface area contributed by atoms with E-state index in [1.807, 2.05) is 11.8 Å². The molecule has 0 saturated carbocycles. The Morgan fingerprint density at radius 3 is 2.12 bits per heavy atom. The van der Waals surface area contributed by atoms with Crippen LogP contribution >= 0.6 is 11.8 Å². The third kappa shape index (κ3) is 3.45. The molecule has 0 spiro atoms. The van der Waals surface area contributed by atoms with Gasteiger partial charge in [0.25, 0.3) is 0 Å². The van der Waals surface area contributed by atoms with Gasteiger partial charge in [0.2, 0.25) is 0 Å². The van der Waals surface area contributed by atoms with Gasteiger partial charge in [-0.25, -0.2) is 0 Å². The predicted molar refractivity (Wildman–Crippen MR) is 67.7 cm³/mol. The second-order valence-corrected chi connectivity index (χ2v) is 8.33. The van der Waals surface area contributed by atoms with Gasteiger partial charge in [-0.2, -0.15) is 11.8 Å². The minimum Gasteiger partial charge on any atom is -0.372 e. The van der Waals surface area contributed by atoms with Crippen molar-refractivity contribution in [3.8, 4) is 0 Å². The minimum absolute atomic E-state index is 0.763. The Morgan fingerprint density at radius 1 is 1.06 bits per heavy atom. The van der Waals surface area contributed by atoms with Crippen molar-refractivity contribution in [2.75, 3.05) is 50.6 Å². The van der Waals surface area contributed by atoms with E-state index in [2.05, 4.69) is 11.8 Å². The van der Waals surface area contributed by atoms with E-state index >= 15 is 0 Å². The van der Waals surface area contributed by atoms with Crippen molar-refractivity contribution in [2.24, 2.45) is 0 Å². The maximum Gasteiger partial charge on any atom is 0.511 e. The van der Waals surface area contributed by atoms with Gasteiger partial charge < -0.3 is 13.3 Å². The van der Waals surface area contributed by atoms with E-state index < -0.39 is 8.80 Å². The Hall–Kier alpha value is 0.407. The number of thioether (sulfide) groups is 1. The first kappa shape index (κ1) is 12.9. The third-order valence-electron chi connectivity index (χ3n) is 2.82. The molecule has 0 aromatic rings. The standard InChI is InChI=1S/C10H21NO3SSi/c1-2-9-15-10-16-12-6-3-11(4-7-13-16)5-8-14-16/h2-10H2,1H3. The van der Waals surface area contributed by atoms with Crippen LogP contribution in [0.1, 0.15) is 13.3 Å². The molecule has 94 valence electrons. The largest absolute Gasteiger partial charge is 0.511 e. The summed E-state index contributed by atoms with van der Waals surface area (Å²) in [4.78, 5) is 2.34. The van der Waals surface area contributed by atoms with Crippen molar-refractivity contribution < 1.29 is 13.3 Å². The van der Waals surface area contributed by atoms with Crippen LogP contribution in [0, 0.1) is 0 Å². The maximum absolute atomic E-state index is 5.92. The van der Waals surface area contributed by atoms with Crippen LogP contribution in [0.25, 0.3) is 0 Å². The summed E-state index contributed by atoms with van der Waals surface area (Å²) in [5, 5.41) is 0.918. The average molecular weight is 263 g/mol. The molecule has 3 heterocycles. The van der Waals surface area contributed by atoms with Gasteiger partial charge in [-0.1, -0.05) is 6.92 Å². The normalized spacial score (nSPS) is 35.4. The molecule has 3 aliphatic rings. The molecular formula is C10H21NO3SSi. The Kier molecular flexibility index (Phi) is 5.12. The average Bonchev–Trinajstić information content (AvgIpc) is 2.19. The molecule has 0 aliphatic carbocycles. The first-order chi connectivity index (χ1) is 7.85. The lowest BCUT2D eigenvalue weighted by molar-refractivity contribution is -0.00443. The van der Waals surface area contributed by atoms with E-state index in [0.29, 0.717) is 0 Å². The topological polar surface area (TPSA) is 30.9 Å². The summed E-state index contributed by atoms with van der Waals surface area (Å²) in [5.74, 6) is 1.16. The van der Waals surface area contributed by atoms with Crippen LogP contribution in [0.4, 0.5) is 0 Å². The molecular weight excluding hydrogens is 242 g/mol. The number of nitrogens with zero attached hydrogens (tertiary/aromatic N) is 1. The summed E-state index contributed by atoms with van der Waals surface area (Å²) >= 11 is 1.91. The quantitative estimate of drug-likeness (QED) is 0.557. The highest BCUT2D eigenvalue weighted by Gasteiger charge is 2.43. The summed E-state index contributed by atoms with van der Waals surface area (Å²) < 4.78 is 17.8. The fraction of sp³-hybridized carbons (Fsp3) is 1.00. The molecule has 0 aromatic carbocycles. The molecule has 3 fully saturated rings. The first-order valence-corrected chi connectivity index (χ1v) is 9.15. The van der Waals surface area contributed by atoms with Gasteiger partial charge in [-0.05, 0) is 12.2 Å². The molecule has 0 radical (unpaired) electrons. The fourth-order valence-electron chi connectivity index (χ4n) is 1.92. The zero-order valence-electron chi connectivity index (χ0n) is 9.94. The van der Waals surface area contributed by atoms with Gasteiger partial charge in [0.15, 0.2) is 0 Å². The Morgan fingerprint density at radius 2 is 1.62 bits per heavy atom. The van der Waals surface area contributed by atoms with Crippen molar-refractivity contribution >= 4 is 20.6 Å². The summed E-state index contributed by atoms with van der Waals surface area (Å²) in [7, 11) is -2.33. The molecule has 0 atom stereocenters. The van der Waals surface area contributed by atoms with E-state index in [-0.39, 0.29) is 0 Å². The number of hydrogen-bond donors (Lipinski definition) is 0.